The summed E-state index contributed by atoms with van der Waals surface area (Å²) < 4.78 is 9.69. The van der Waals surface area contributed by atoms with E-state index in [0.717, 1.165) is 23.0 Å². The fraction of sp³-hybridized carbons (Fsp3) is 0.647. The standard InChI is InChI=1S/C7H12N2O.C5H8N2O.2C2H6.CH4/c1-5-6(2)9-7(8-5)4-10-3;1-8-4-5-6-2-3-7-5;2*1-2;/h4H2,1-3H3,(H,8,9);2-3H,4H2,1H3,(H,6,7);2*1-2H3;1H4. The van der Waals surface area contributed by atoms with Crippen LogP contribution in [-0.4, -0.2) is 34.2 Å². The molecule has 2 N–H and O–H groups in total. The minimum atomic E-state index is 0. The molecule has 0 aromatic carbocycles. The van der Waals surface area contributed by atoms with Crippen LogP contribution in [0.3, 0.4) is 0 Å². The van der Waals surface area contributed by atoms with Gasteiger partial charge in [-0.25, -0.2) is 9.97 Å². The lowest BCUT2D eigenvalue weighted by Gasteiger charge is -1.89. The summed E-state index contributed by atoms with van der Waals surface area (Å²) in [5.74, 6) is 1.77. The van der Waals surface area contributed by atoms with Crippen LogP contribution in [0.25, 0.3) is 0 Å². The number of aromatic nitrogens is 4. The van der Waals surface area contributed by atoms with E-state index in [-0.39, 0.29) is 7.43 Å². The van der Waals surface area contributed by atoms with Gasteiger partial charge in [0.15, 0.2) is 0 Å². The van der Waals surface area contributed by atoms with Crippen LogP contribution in [-0.2, 0) is 22.7 Å². The Bertz CT molecular complexity index is 420. The van der Waals surface area contributed by atoms with Crippen LogP contribution in [0.1, 0.15) is 58.2 Å². The maximum Gasteiger partial charge on any atom is 0.132 e. The monoisotopic (exact) mass is 328 g/mol. The third kappa shape index (κ3) is 12.6. The fourth-order valence-electron chi connectivity index (χ4n) is 1.34. The van der Waals surface area contributed by atoms with Crippen LogP contribution in [0, 0.1) is 13.8 Å². The smallest absolute Gasteiger partial charge is 0.132 e. The number of nitrogens with zero attached hydrogens (tertiary/aromatic N) is 2. The zero-order valence-electron chi connectivity index (χ0n) is 15.3. The summed E-state index contributed by atoms with van der Waals surface area (Å²) in [5, 5.41) is 0. The molecule has 23 heavy (non-hydrogen) atoms. The van der Waals surface area contributed by atoms with E-state index < -0.39 is 0 Å². The fourth-order valence-corrected chi connectivity index (χ4v) is 1.34. The minimum Gasteiger partial charge on any atom is -0.377 e. The Kier molecular flexibility index (Phi) is 21.0. The Balaban J connectivity index is -0.000000280. The van der Waals surface area contributed by atoms with E-state index >= 15 is 0 Å². The molecule has 0 atom stereocenters. The first-order valence-electron chi connectivity index (χ1n) is 7.65. The van der Waals surface area contributed by atoms with Crippen molar-refractivity contribution in [3.8, 4) is 0 Å². The van der Waals surface area contributed by atoms with Crippen molar-refractivity contribution in [1.82, 2.24) is 19.9 Å². The first kappa shape index (κ1) is 26.2. The normalized spacial score (nSPS) is 8.35. The second-order valence-electron chi connectivity index (χ2n) is 3.80. The van der Waals surface area contributed by atoms with Gasteiger partial charge in [-0.15, -0.1) is 0 Å². The van der Waals surface area contributed by atoms with Gasteiger partial charge < -0.3 is 19.4 Å². The molecule has 6 heteroatoms. The first-order valence-corrected chi connectivity index (χ1v) is 7.65. The van der Waals surface area contributed by atoms with E-state index in [1.54, 1.807) is 26.6 Å². The van der Waals surface area contributed by atoms with E-state index in [0.29, 0.717) is 13.2 Å². The van der Waals surface area contributed by atoms with E-state index in [1.807, 2.05) is 41.5 Å². The van der Waals surface area contributed by atoms with Crippen molar-refractivity contribution in [2.45, 2.75) is 62.2 Å². The van der Waals surface area contributed by atoms with E-state index in [9.17, 15) is 0 Å². The highest BCUT2D eigenvalue weighted by atomic mass is 16.5. The van der Waals surface area contributed by atoms with Crippen LogP contribution in [0.2, 0.25) is 0 Å². The molecule has 0 bridgehead atoms. The predicted molar refractivity (Wildman–Crippen MR) is 97.5 cm³/mol. The first-order chi connectivity index (χ1) is 10.7. The SMILES string of the molecule is C.CC.CC.COCc1nc(C)c(C)[nH]1.COCc1ncc[nH]1. The average Bonchev–Trinajstić information content (AvgIpc) is 3.16. The number of aromatic amines is 2. The van der Waals surface area contributed by atoms with Crippen molar-refractivity contribution in [3.63, 3.8) is 0 Å². The molecule has 2 aromatic rings. The van der Waals surface area contributed by atoms with Crippen LogP contribution >= 0.6 is 0 Å². The highest BCUT2D eigenvalue weighted by Crippen LogP contribution is 2.02. The molecule has 0 fully saturated rings. The zero-order valence-corrected chi connectivity index (χ0v) is 15.3. The van der Waals surface area contributed by atoms with Crippen LogP contribution in [0.5, 0.6) is 0 Å². The molecular formula is C17H36N4O2. The molecule has 0 aliphatic rings. The number of aryl methyl sites for hydroxylation is 2. The second-order valence-corrected chi connectivity index (χ2v) is 3.80. The van der Waals surface area contributed by atoms with E-state index in [4.69, 9.17) is 9.47 Å². The highest BCUT2D eigenvalue weighted by Gasteiger charge is 1.99. The van der Waals surface area contributed by atoms with Gasteiger partial charge in [-0.3, -0.25) is 0 Å². The summed E-state index contributed by atoms with van der Waals surface area (Å²) in [5.41, 5.74) is 2.17. The van der Waals surface area contributed by atoms with E-state index in [1.165, 1.54) is 0 Å². The largest absolute Gasteiger partial charge is 0.377 e. The van der Waals surface area contributed by atoms with Gasteiger partial charge in [0, 0.05) is 32.3 Å². The Labute approximate surface area is 142 Å². The lowest BCUT2D eigenvalue weighted by molar-refractivity contribution is 0.178. The second kappa shape index (κ2) is 18.4. The van der Waals surface area contributed by atoms with Gasteiger partial charge in [0.2, 0.25) is 0 Å². The van der Waals surface area contributed by atoms with Crippen LogP contribution in [0.4, 0.5) is 0 Å². The quantitative estimate of drug-likeness (QED) is 0.871. The van der Waals surface area contributed by atoms with Gasteiger partial charge >= 0.3 is 0 Å². The molecular weight excluding hydrogens is 292 g/mol. The maximum absolute atomic E-state index is 4.90. The van der Waals surface area contributed by atoms with E-state index in [2.05, 4.69) is 19.9 Å². The van der Waals surface area contributed by atoms with Crippen LogP contribution < -0.4 is 0 Å². The maximum atomic E-state index is 4.90. The molecule has 0 spiro atoms. The number of hydrogen-bond donors (Lipinski definition) is 2. The number of ether oxygens (including phenoxy) is 2. The molecule has 0 aliphatic heterocycles. The lowest BCUT2D eigenvalue weighted by Crippen LogP contribution is -1.89. The lowest BCUT2D eigenvalue weighted by atomic mass is 10.4. The Morgan fingerprint density at radius 1 is 0.957 bits per heavy atom. The molecule has 0 radical (unpaired) electrons. The van der Waals surface area contributed by atoms with Gasteiger partial charge in [0.05, 0.1) is 5.69 Å². The molecule has 6 nitrogen and oxygen atoms in total. The van der Waals surface area contributed by atoms with Crippen molar-refractivity contribution >= 4 is 0 Å². The summed E-state index contributed by atoms with van der Waals surface area (Å²) in [4.78, 5) is 14.2. The van der Waals surface area contributed by atoms with Gasteiger partial charge in [-0.1, -0.05) is 35.1 Å². The summed E-state index contributed by atoms with van der Waals surface area (Å²) in [6.07, 6.45) is 3.47. The molecule has 0 aliphatic carbocycles. The molecule has 0 saturated carbocycles. The molecule has 0 unspecified atom stereocenters. The van der Waals surface area contributed by atoms with Crippen molar-refractivity contribution in [1.29, 1.82) is 0 Å². The molecule has 0 saturated heterocycles. The number of rotatable bonds is 4. The third-order valence-electron chi connectivity index (χ3n) is 2.29. The number of H-pyrrole nitrogens is 2. The van der Waals surface area contributed by atoms with Gasteiger partial charge in [0.1, 0.15) is 24.9 Å². The van der Waals surface area contributed by atoms with Crippen molar-refractivity contribution in [2.75, 3.05) is 14.2 Å². The minimum absolute atomic E-state index is 0. The molecule has 136 valence electrons. The topological polar surface area (TPSA) is 75.8 Å². The predicted octanol–water partition coefficient (Wildman–Crippen LogP) is 4.42. The number of imidazole rings is 2. The Morgan fingerprint density at radius 3 is 1.83 bits per heavy atom. The molecule has 2 heterocycles. The third-order valence-corrected chi connectivity index (χ3v) is 2.29. The molecule has 2 rings (SSSR count). The zero-order chi connectivity index (χ0) is 17.4. The number of nitrogens with one attached hydrogen (secondary N) is 2. The summed E-state index contributed by atoms with van der Waals surface area (Å²) in [6, 6.07) is 0. The summed E-state index contributed by atoms with van der Waals surface area (Å²) in [7, 11) is 3.30. The Morgan fingerprint density at radius 2 is 1.48 bits per heavy atom. The van der Waals surface area contributed by atoms with Crippen LogP contribution in [0.15, 0.2) is 12.4 Å². The number of methoxy groups -OCH3 is 2. The summed E-state index contributed by atoms with van der Waals surface area (Å²) >= 11 is 0. The highest BCUT2D eigenvalue weighted by molar-refractivity contribution is 5.10. The van der Waals surface area contributed by atoms with Gasteiger partial charge in [-0.2, -0.15) is 0 Å². The average molecular weight is 329 g/mol. The molecule has 2 aromatic heterocycles. The van der Waals surface area contributed by atoms with Crippen molar-refractivity contribution < 1.29 is 9.47 Å². The van der Waals surface area contributed by atoms with Crippen molar-refractivity contribution in [3.05, 3.63) is 35.4 Å². The van der Waals surface area contributed by atoms with Gasteiger partial charge in [-0.05, 0) is 13.8 Å². The number of hydrogen-bond acceptors (Lipinski definition) is 4. The van der Waals surface area contributed by atoms with Crippen molar-refractivity contribution in [2.24, 2.45) is 0 Å². The Hall–Kier alpha value is -1.66. The molecule has 0 amide bonds. The van der Waals surface area contributed by atoms with Gasteiger partial charge in [0.25, 0.3) is 0 Å². The summed E-state index contributed by atoms with van der Waals surface area (Å²) in [6.45, 7) is 13.1.